The highest BCUT2D eigenvalue weighted by atomic mass is 16.6. The summed E-state index contributed by atoms with van der Waals surface area (Å²) < 4.78 is 1.53. The molecule has 3 aromatic rings. The molecule has 17 heavy (non-hydrogen) atoms. The molecule has 5 nitrogen and oxygen atoms in total. The molecule has 84 valence electrons. The molecule has 2 aromatic carbocycles. The van der Waals surface area contributed by atoms with Gasteiger partial charge in [0.25, 0.3) is 0 Å². The zero-order valence-electron chi connectivity index (χ0n) is 9.12. The Hall–Kier alpha value is -2.43. The fraction of sp³-hybridized carbons (Fsp3) is 0.0833. The maximum absolute atomic E-state index is 10.8. The topological polar surface area (TPSA) is 61.0 Å². The van der Waals surface area contributed by atoms with E-state index in [-0.39, 0.29) is 5.95 Å². The van der Waals surface area contributed by atoms with E-state index in [1.165, 1.54) is 4.57 Å². The van der Waals surface area contributed by atoms with Crippen LogP contribution in [-0.2, 0) is 7.05 Å². The van der Waals surface area contributed by atoms with Crippen molar-refractivity contribution in [3.05, 3.63) is 46.5 Å². The van der Waals surface area contributed by atoms with Gasteiger partial charge in [0, 0.05) is 5.39 Å². The quantitative estimate of drug-likeness (QED) is 0.474. The van der Waals surface area contributed by atoms with Gasteiger partial charge < -0.3 is 10.1 Å². The van der Waals surface area contributed by atoms with Gasteiger partial charge in [-0.15, -0.1) is 0 Å². The van der Waals surface area contributed by atoms with Gasteiger partial charge in [-0.1, -0.05) is 35.3 Å². The van der Waals surface area contributed by atoms with Crippen molar-refractivity contribution in [3.63, 3.8) is 0 Å². The molecular formula is C12H9N3O2. The summed E-state index contributed by atoms with van der Waals surface area (Å²) in [4.78, 5) is 14.4. The second-order valence-electron chi connectivity index (χ2n) is 3.88. The van der Waals surface area contributed by atoms with Gasteiger partial charge in [0.05, 0.1) is 7.05 Å². The van der Waals surface area contributed by atoms with E-state index in [9.17, 15) is 10.1 Å². The van der Waals surface area contributed by atoms with Gasteiger partial charge in [0.15, 0.2) is 11.0 Å². The summed E-state index contributed by atoms with van der Waals surface area (Å²) in [5.74, 6) is -0.128. The van der Waals surface area contributed by atoms with Crippen molar-refractivity contribution in [2.24, 2.45) is 7.05 Å². The van der Waals surface area contributed by atoms with Crippen molar-refractivity contribution in [3.8, 4) is 0 Å². The zero-order chi connectivity index (χ0) is 12.0. The van der Waals surface area contributed by atoms with Gasteiger partial charge in [0.2, 0.25) is 0 Å². The first kappa shape index (κ1) is 9.77. The molecule has 0 aliphatic rings. The highest BCUT2D eigenvalue weighted by molar-refractivity contribution is 6.04. The molecule has 0 bridgehead atoms. The standard InChI is InChI=1S/C12H9N3O2/c1-14-11-9-5-3-2-4-8(9)6-7-10(11)13-12(14)15(16)17/h2-7H,1H3. The molecule has 0 amide bonds. The Morgan fingerprint density at radius 2 is 2.00 bits per heavy atom. The Morgan fingerprint density at radius 1 is 1.24 bits per heavy atom. The van der Waals surface area contributed by atoms with Crippen molar-refractivity contribution in [2.75, 3.05) is 0 Å². The molecule has 0 saturated carbocycles. The molecule has 0 aliphatic carbocycles. The van der Waals surface area contributed by atoms with Crippen LogP contribution in [0.4, 0.5) is 5.95 Å². The van der Waals surface area contributed by atoms with E-state index in [1.807, 2.05) is 36.4 Å². The van der Waals surface area contributed by atoms with E-state index >= 15 is 0 Å². The number of imidazole rings is 1. The lowest BCUT2D eigenvalue weighted by Gasteiger charge is -1.98. The predicted octanol–water partition coefficient (Wildman–Crippen LogP) is 2.63. The molecule has 3 rings (SSSR count). The summed E-state index contributed by atoms with van der Waals surface area (Å²) in [6.07, 6.45) is 0. The molecule has 0 spiro atoms. The molecule has 0 aliphatic heterocycles. The molecule has 0 unspecified atom stereocenters. The highest BCUT2D eigenvalue weighted by Gasteiger charge is 2.20. The first-order valence-electron chi connectivity index (χ1n) is 5.17. The monoisotopic (exact) mass is 227 g/mol. The average Bonchev–Trinajstić information content (AvgIpc) is 2.67. The zero-order valence-corrected chi connectivity index (χ0v) is 9.12. The van der Waals surface area contributed by atoms with Gasteiger partial charge in [-0.25, -0.2) is 4.57 Å². The van der Waals surface area contributed by atoms with E-state index in [0.29, 0.717) is 5.52 Å². The van der Waals surface area contributed by atoms with Crippen molar-refractivity contribution < 1.29 is 4.92 Å². The third-order valence-electron chi connectivity index (χ3n) is 2.90. The molecule has 1 aromatic heterocycles. The molecule has 5 heteroatoms. The van der Waals surface area contributed by atoms with Crippen LogP contribution >= 0.6 is 0 Å². The maximum Gasteiger partial charge on any atom is 0.435 e. The minimum atomic E-state index is -0.464. The molecule has 1 heterocycles. The van der Waals surface area contributed by atoms with Crippen LogP contribution < -0.4 is 0 Å². The van der Waals surface area contributed by atoms with Crippen LogP contribution in [0.3, 0.4) is 0 Å². The van der Waals surface area contributed by atoms with Crippen LogP contribution in [0.15, 0.2) is 36.4 Å². The van der Waals surface area contributed by atoms with E-state index < -0.39 is 4.92 Å². The van der Waals surface area contributed by atoms with Gasteiger partial charge in [0.1, 0.15) is 0 Å². The number of aromatic nitrogens is 2. The fourth-order valence-corrected chi connectivity index (χ4v) is 2.13. The van der Waals surface area contributed by atoms with Crippen molar-refractivity contribution >= 4 is 27.8 Å². The van der Waals surface area contributed by atoms with E-state index in [2.05, 4.69) is 4.98 Å². The van der Waals surface area contributed by atoms with Crippen LogP contribution in [0, 0.1) is 10.1 Å². The van der Waals surface area contributed by atoms with Crippen LogP contribution in [0.1, 0.15) is 0 Å². The Morgan fingerprint density at radius 3 is 2.76 bits per heavy atom. The highest BCUT2D eigenvalue weighted by Crippen LogP contribution is 2.27. The molecule has 0 N–H and O–H groups in total. The summed E-state index contributed by atoms with van der Waals surface area (Å²) in [5.41, 5.74) is 1.45. The fourth-order valence-electron chi connectivity index (χ4n) is 2.13. The number of nitro groups is 1. The SMILES string of the molecule is Cn1c([N+](=O)[O-])nc2ccc3ccccc3c21. The van der Waals surface area contributed by atoms with Crippen LogP contribution in [-0.4, -0.2) is 14.5 Å². The van der Waals surface area contributed by atoms with E-state index in [1.54, 1.807) is 7.05 Å². The summed E-state index contributed by atoms with van der Waals surface area (Å²) >= 11 is 0. The second-order valence-corrected chi connectivity index (χ2v) is 3.88. The Bertz CT molecular complexity index is 746. The lowest BCUT2D eigenvalue weighted by Crippen LogP contribution is -1.97. The molecule has 0 saturated heterocycles. The van der Waals surface area contributed by atoms with Gasteiger partial charge in [-0.05, 0) is 16.4 Å². The number of hydrogen-bond donors (Lipinski definition) is 0. The first-order chi connectivity index (χ1) is 8.18. The number of aryl methyl sites for hydroxylation is 1. The lowest BCUT2D eigenvalue weighted by molar-refractivity contribution is -0.396. The molecule has 0 atom stereocenters. The van der Waals surface area contributed by atoms with Gasteiger partial charge in [-0.2, -0.15) is 0 Å². The summed E-state index contributed by atoms with van der Waals surface area (Å²) in [5, 5.41) is 12.9. The minimum absolute atomic E-state index is 0.128. The molecule has 0 fully saturated rings. The first-order valence-corrected chi connectivity index (χ1v) is 5.17. The summed E-state index contributed by atoms with van der Waals surface area (Å²) in [6, 6.07) is 11.5. The van der Waals surface area contributed by atoms with Crippen molar-refractivity contribution in [1.82, 2.24) is 9.55 Å². The van der Waals surface area contributed by atoms with Gasteiger partial charge in [-0.3, -0.25) is 0 Å². The Kier molecular flexibility index (Phi) is 1.89. The maximum atomic E-state index is 10.8. The summed E-state index contributed by atoms with van der Waals surface area (Å²) in [6.45, 7) is 0. The molecular weight excluding hydrogens is 218 g/mol. The van der Waals surface area contributed by atoms with Crippen molar-refractivity contribution in [1.29, 1.82) is 0 Å². The normalized spacial score (nSPS) is 11.1. The number of rotatable bonds is 1. The second kappa shape index (κ2) is 3.28. The van der Waals surface area contributed by atoms with E-state index in [0.717, 1.165) is 16.3 Å². The Labute approximate surface area is 96.5 Å². The Balaban J connectivity index is 2.53. The smallest absolute Gasteiger partial charge is 0.390 e. The minimum Gasteiger partial charge on any atom is -0.390 e. The van der Waals surface area contributed by atoms with Crippen molar-refractivity contribution in [2.45, 2.75) is 0 Å². The number of fused-ring (bicyclic) bond motifs is 3. The summed E-state index contributed by atoms with van der Waals surface area (Å²) in [7, 11) is 1.67. The van der Waals surface area contributed by atoms with Crippen LogP contribution in [0.2, 0.25) is 0 Å². The van der Waals surface area contributed by atoms with Crippen LogP contribution in [0.25, 0.3) is 21.8 Å². The average molecular weight is 227 g/mol. The lowest BCUT2D eigenvalue weighted by atomic mass is 10.1. The third-order valence-corrected chi connectivity index (χ3v) is 2.90. The molecule has 0 radical (unpaired) electrons. The largest absolute Gasteiger partial charge is 0.435 e. The van der Waals surface area contributed by atoms with Crippen LogP contribution in [0.5, 0.6) is 0 Å². The van der Waals surface area contributed by atoms with E-state index in [4.69, 9.17) is 0 Å². The number of nitrogens with zero attached hydrogens (tertiary/aromatic N) is 3. The number of hydrogen-bond acceptors (Lipinski definition) is 3. The predicted molar refractivity (Wildman–Crippen MR) is 64.9 cm³/mol. The third kappa shape index (κ3) is 1.29. The van der Waals surface area contributed by atoms with Gasteiger partial charge >= 0.3 is 5.95 Å². The number of benzene rings is 2.